The largest absolute Gasteiger partial charge is 0.298 e. The topological polar surface area (TPSA) is 33.2 Å². The molecule has 1 saturated heterocycles. The molecular weight excluding hydrogens is 388 g/mol. The van der Waals surface area contributed by atoms with Crippen LogP contribution in [0.3, 0.4) is 0 Å². The van der Waals surface area contributed by atoms with Crippen LogP contribution in [0.1, 0.15) is 50.3 Å². The molecule has 3 nitrogen and oxygen atoms in total. The highest BCUT2D eigenvalue weighted by atomic mass is 32.1. The number of fused-ring (bicyclic) bond motifs is 2. The fraction of sp³-hybridized carbons (Fsp3) is 0.308. The molecule has 1 aromatic carbocycles. The molecule has 0 unspecified atom stereocenters. The van der Waals surface area contributed by atoms with Gasteiger partial charge in [0.05, 0.1) is 4.88 Å². The van der Waals surface area contributed by atoms with Crippen molar-refractivity contribution in [1.29, 1.82) is 0 Å². The summed E-state index contributed by atoms with van der Waals surface area (Å²) in [5.41, 5.74) is 9.10. The van der Waals surface area contributed by atoms with Crippen LogP contribution in [0.25, 0.3) is 5.57 Å². The zero-order valence-corrected chi connectivity index (χ0v) is 18.2. The first-order valence-electron chi connectivity index (χ1n) is 10.7. The summed E-state index contributed by atoms with van der Waals surface area (Å²) in [5.74, 6) is 0.259. The number of allylic oxidation sites excluding steroid dienone is 1. The molecule has 1 aliphatic heterocycles. The number of likely N-dealkylation sites (tertiary alicyclic amines) is 1. The number of thiophene rings is 1. The Balaban J connectivity index is 1.42. The minimum atomic E-state index is 0.259. The van der Waals surface area contributed by atoms with E-state index in [0.717, 1.165) is 43.8 Å². The van der Waals surface area contributed by atoms with E-state index in [-0.39, 0.29) is 5.78 Å². The molecule has 152 valence electrons. The number of hydrogen-bond donors (Lipinski definition) is 0. The number of carbonyl (C=O) groups is 1. The first-order valence-corrected chi connectivity index (χ1v) is 11.6. The van der Waals surface area contributed by atoms with E-state index >= 15 is 0 Å². The van der Waals surface area contributed by atoms with Crippen molar-refractivity contribution in [2.24, 2.45) is 0 Å². The summed E-state index contributed by atoms with van der Waals surface area (Å²) in [6.07, 6.45) is 7.49. The van der Waals surface area contributed by atoms with Crippen LogP contribution in [0.2, 0.25) is 0 Å². The second kappa shape index (κ2) is 8.29. The van der Waals surface area contributed by atoms with Gasteiger partial charge in [-0.1, -0.05) is 35.9 Å². The van der Waals surface area contributed by atoms with Crippen molar-refractivity contribution < 1.29 is 4.79 Å². The van der Waals surface area contributed by atoms with Gasteiger partial charge in [-0.15, -0.1) is 11.3 Å². The zero-order valence-electron chi connectivity index (χ0n) is 17.4. The molecule has 0 amide bonds. The molecule has 0 bridgehead atoms. The summed E-state index contributed by atoms with van der Waals surface area (Å²) in [6.45, 7) is 5.17. The van der Waals surface area contributed by atoms with Gasteiger partial charge in [-0.25, -0.2) is 0 Å². The van der Waals surface area contributed by atoms with Gasteiger partial charge in [0.25, 0.3) is 0 Å². The average Bonchev–Trinajstić information content (AvgIpc) is 3.22. The maximum Gasteiger partial charge on any atom is 0.177 e. The van der Waals surface area contributed by atoms with Gasteiger partial charge in [-0.2, -0.15) is 0 Å². The molecule has 2 aromatic heterocycles. The van der Waals surface area contributed by atoms with E-state index < -0.39 is 0 Å². The predicted octanol–water partition coefficient (Wildman–Crippen LogP) is 5.48. The number of aryl methyl sites for hydroxylation is 1. The van der Waals surface area contributed by atoms with Gasteiger partial charge in [0.1, 0.15) is 0 Å². The van der Waals surface area contributed by atoms with Crippen LogP contribution in [0.4, 0.5) is 0 Å². The normalized spacial score (nSPS) is 17.3. The van der Waals surface area contributed by atoms with Crippen molar-refractivity contribution in [1.82, 2.24) is 9.88 Å². The number of Topliss-reactive ketones (excluding diaryl/α,β-unsaturated/α-hetero) is 1. The number of piperidine rings is 1. The van der Waals surface area contributed by atoms with Gasteiger partial charge in [-0.05, 0) is 71.0 Å². The van der Waals surface area contributed by atoms with Crippen LogP contribution in [-0.2, 0) is 19.4 Å². The molecule has 2 aliphatic rings. The Morgan fingerprint density at radius 3 is 2.57 bits per heavy atom. The lowest BCUT2D eigenvalue weighted by atomic mass is 9.84. The number of benzene rings is 1. The molecule has 0 atom stereocenters. The number of aromatic nitrogens is 1. The van der Waals surface area contributed by atoms with E-state index in [9.17, 15) is 4.79 Å². The Kier molecular flexibility index (Phi) is 5.36. The van der Waals surface area contributed by atoms with Gasteiger partial charge in [-0.3, -0.25) is 14.7 Å². The monoisotopic (exact) mass is 414 g/mol. The summed E-state index contributed by atoms with van der Waals surface area (Å²) in [7, 11) is 0. The van der Waals surface area contributed by atoms with Crippen molar-refractivity contribution in [3.05, 3.63) is 92.4 Å². The van der Waals surface area contributed by atoms with Crippen LogP contribution in [-0.4, -0.2) is 28.8 Å². The molecule has 3 heterocycles. The second-order valence-corrected chi connectivity index (χ2v) is 9.35. The molecule has 3 aromatic rings. The summed E-state index contributed by atoms with van der Waals surface area (Å²) in [5, 5.41) is 2.08. The number of rotatable bonds is 2. The Labute approximate surface area is 182 Å². The summed E-state index contributed by atoms with van der Waals surface area (Å²) in [6, 6.07) is 12.9. The number of carbonyl (C=O) groups excluding carboxylic acids is 1. The van der Waals surface area contributed by atoms with Crippen LogP contribution in [0, 0.1) is 6.92 Å². The fourth-order valence-corrected chi connectivity index (χ4v) is 5.63. The molecule has 0 N–H and O–H groups in total. The summed E-state index contributed by atoms with van der Waals surface area (Å²) >= 11 is 1.60. The molecular formula is C26H26N2OS. The van der Waals surface area contributed by atoms with Gasteiger partial charge in [0.2, 0.25) is 0 Å². The van der Waals surface area contributed by atoms with Gasteiger partial charge >= 0.3 is 0 Å². The van der Waals surface area contributed by atoms with Crippen molar-refractivity contribution in [2.75, 3.05) is 13.1 Å². The molecule has 0 spiro atoms. The quantitative estimate of drug-likeness (QED) is 0.556. The minimum absolute atomic E-state index is 0.259. The highest BCUT2D eigenvalue weighted by Crippen LogP contribution is 2.37. The molecule has 0 saturated carbocycles. The highest BCUT2D eigenvalue weighted by molar-refractivity contribution is 7.12. The lowest BCUT2D eigenvalue weighted by Crippen LogP contribution is -2.30. The van der Waals surface area contributed by atoms with Crippen LogP contribution >= 0.6 is 11.3 Å². The minimum Gasteiger partial charge on any atom is -0.298 e. The highest BCUT2D eigenvalue weighted by Gasteiger charge is 2.25. The third-order valence-corrected chi connectivity index (χ3v) is 7.26. The fourth-order valence-electron chi connectivity index (χ4n) is 4.76. The SMILES string of the molecule is Cc1cncc(CN2CCC(=C3Cc4ccccc4CC(=O)c4sccc43)CC2)c1. The van der Waals surface area contributed by atoms with Gasteiger partial charge in [0, 0.05) is 38.4 Å². The van der Waals surface area contributed by atoms with E-state index in [0.29, 0.717) is 6.42 Å². The molecule has 0 radical (unpaired) electrons. The predicted molar refractivity (Wildman–Crippen MR) is 123 cm³/mol. The van der Waals surface area contributed by atoms with Crippen LogP contribution < -0.4 is 0 Å². The molecule has 1 aliphatic carbocycles. The number of ketones is 1. The molecule has 1 fully saturated rings. The third kappa shape index (κ3) is 3.90. The van der Waals surface area contributed by atoms with Gasteiger partial charge in [0.15, 0.2) is 5.78 Å². The lowest BCUT2D eigenvalue weighted by Gasteiger charge is -2.30. The zero-order chi connectivity index (χ0) is 20.5. The Bertz CT molecular complexity index is 1120. The first kappa shape index (κ1) is 19.4. The van der Waals surface area contributed by atoms with E-state index in [1.54, 1.807) is 11.3 Å². The van der Waals surface area contributed by atoms with Crippen molar-refractivity contribution in [3.63, 3.8) is 0 Å². The third-order valence-electron chi connectivity index (χ3n) is 6.30. The Morgan fingerprint density at radius 1 is 1.03 bits per heavy atom. The first-order chi connectivity index (χ1) is 14.7. The lowest BCUT2D eigenvalue weighted by molar-refractivity contribution is 0.0996. The maximum atomic E-state index is 13.0. The average molecular weight is 415 g/mol. The number of pyridine rings is 1. The number of hydrogen-bond acceptors (Lipinski definition) is 4. The van der Waals surface area contributed by atoms with Crippen molar-refractivity contribution in [2.45, 2.75) is 39.2 Å². The van der Waals surface area contributed by atoms with Crippen molar-refractivity contribution >= 4 is 22.7 Å². The summed E-state index contributed by atoms with van der Waals surface area (Å²) in [4.78, 5) is 20.8. The smallest absolute Gasteiger partial charge is 0.177 e. The molecule has 4 heteroatoms. The van der Waals surface area contributed by atoms with Crippen LogP contribution in [0.5, 0.6) is 0 Å². The molecule has 30 heavy (non-hydrogen) atoms. The Hall–Kier alpha value is -2.56. The van der Waals surface area contributed by atoms with E-state index in [1.807, 2.05) is 12.4 Å². The number of nitrogens with zero attached hydrogens (tertiary/aromatic N) is 2. The van der Waals surface area contributed by atoms with E-state index in [4.69, 9.17) is 0 Å². The van der Waals surface area contributed by atoms with E-state index in [2.05, 4.69) is 58.6 Å². The molecule has 5 rings (SSSR count). The second-order valence-electron chi connectivity index (χ2n) is 8.44. The van der Waals surface area contributed by atoms with Crippen LogP contribution in [0.15, 0.2) is 59.7 Å². The maximum absolute atomic E-state index is 13.0. The standard InChI is InChI=1S/C26H26N2OS/c1-18-12-19(16-27-15-18)17-28-9-6-20(7-10-28)24-13-21-4-2-3-5-22(21)14-25(29)26-23(24)8-11-30-26/h2-5,8,11-12,15-16H,6-7,9-10,13-14,17H2,1H3. The van der Waals surface area contributed by atoms with E-state index in [1.165, 1.54) is 39.0 Å². The van der Waals surface area contributed by atoms with Crippen molar-refractivity contribution in [3.8, 4) is 0 Å². The Morgan fingerprint density at radius 2 is 1.80 bits per heavy atom. The summed E-state index contributed by atoms with van der Waals surface area (Å²) < 4.78 is 0. The van der Waals surface area contributed by atoms with Gasteiger partial charge < -0.3 is 0 Å².